The van der Waals surface area contributed by atoms with Gasteiger partial charge in [-0.3, -0.25) is 14.6 Å². The molecule has 1 amide bonds. The Kier molecular flexibility index (Phi) is 6.28. The largest absolute Gasteiger partial charge is 0.486 e. The SMILES string of the molecule is Cc1cc(NC(=O)[C@H](c2ccccc2)N2CCN(Cc3ccc4c(c3)OCCO4)CC2)no1. The van der Waals surface area contributed by atoms with Crippen LogP contribution >= 0.6 is 0 Å². The zero-order valence-corrected chi connectivity index (χ0v) is 18.7. The van der Waals surface area contributed by atoms with Gasteiger partial charge in [-0.15, -0.1) is 0 Å². The van der Waals surface area contributed by atoms with E-state index >= 15 is 0 Å². The molecule has 0 spiro atoms. The van der Waals surface area contributed by atoms with Crippen LogP contribution in [-0.4, -0.2) is 60.3 Å². The summed E-state index contributed by atoms with van der Waals surface area (Å²) in [6.45, 7) is 7.14. The maximum absolute atomic E-state index is 13.3. The molecule has 172 valence electrons. The van der Waals surface area contributed by atoms with Crippen molar-refractivity contribution >= 4 is 11.7 Å². The molecule has 3 heterocycles. The first-order valence-electron chi connectivity index (χ1n) is 11.3. The van der Waals surface area contributed by atoms with E-state index in [0.29, 0.717) is 24.8 Å². The van der Waals surface area contributed by atoms with Crippen molar-refractivity contribution in [1.82, 2.24) is 15.0 Å². The fourth-order valence-electron chi connectivity index (χ4n) is 4.41. The lowest BCUT2D eigenvalue weighted by Gasteiger charge is -2.38. The van der Waals surface area contributed by atoms with Crippen LogP contribution in [0.15, 0.2) is 59.1 Å². The van der Waals surface area contributed by atoms with Gasteiger partial charge in [-0.2, -0.15) is 0 Å². The lowest BCUT2D eigenvalue weighted by Crippen LogP contribution is -2.49. The van der Waals surface area contributed by atoms with Gasteiger partial charge in [0.2, 0.25) is 5.91 Å². The predicted octanol–water partition coefficient (Wildman–Crippen LogP) is 3.25. The second kappa shape index (κ2) is 9.64. The first kappa shape index (κ1) is 21.5. The summed E-state index contributed by atoms with van der Waals surface area (Å²) >= 11 is 0. The average molecular weight is 449 g/mol. The maximum atomic E-state index is 13.3. The molecule has 3 aromatic rings. The van der Waals surface area contributed by atoms with Gasteiger partial charge >= 0.3 is 0 Å². The molecule has 0 unspecified atom stereocenters. The number of nitrogens with zero attached hydrogens (tertiary/aromatic N) is 3. The Hall–Kier alpha value is -3.36. The van der Waals surface area contributed by atoms with Gasteiger partial charge in [0.15, 0.2) is 17.3 Å². The Morgan fingerprint density at radius 3 is 2.48 bits per heavy atom. The van der Waals surface area contributed by atoms with Gasteiger partial charge in [0.05, 0.1) is 0 Å². The van der Waals surface area contributed by atoms with Crippen molar-refractivity contribution in [1.29, 1.82) is 0 Å². The summed E-state index contributed by atoms with van der Waals surface area (Å²) in [4.78, 5) is 17.9. The Labute approximate surface area is 193 Å². The Balaban J connectivity index is 1.25. The normalized spacial score (nSPS) is 17.5. The van der Waals surface area contributed by atoms with E-state index in [0.717, 1.165) is 49.8 Å². The van der Waals surface area contributed by atoms with Gasteiger partial charge in [-0.25, -0.2) is 0 Å². The third-order valence-corrected chi connectivity index (χ3v) is 6.03. The molecule has 1 saturated heterocycles. The molecule has 8 nitrogen and oxygen atoms in total. The third-order valence-electron chi connectivity index (χ3n) is 6.03. The molecule has 0 aliphatic carbocycles. The topological polar surface area (TPSA) is 80.1 Å². The summed E-state index contributed by atoms with van der Waals surface area (Å²) in [6, 6.07) is 17.4. The molecular formula is C25H28N4O4. The molecule has 0 saturated carbocycles. The maximum Gasteiger partial charge on any atom is 0.247 e. The molecule has 1 fully saturated rings. The monoisotopic (exact) mass is 448 g/mol. The van der Waals surface area contributed by atoms with Gasteiger partial charge in [-0.05, 0) is 30.2 Å². The minimum absolute atomic E-state index is 0.102. The number of carbonyl (C=O) groups is 1. The average Bonchev–Trinajstić information content (AvgIpc) is 3.25. The summed E-state index contributed by atoms with van der Waals surface area (Å²) in [5.41, 5.74) is 2.17. The number of aryl methyl sites for hydroxylation is 1. The number of piperazine rings is 1. The molecule has 8 heteroatoms. The number of amides is 1. The molecule has 0 bridgehead atoms. The van der Waals surface area contributed by atoms with Crippen molar-refractivity contribution in [3.8, 4) is 11.5 Å². The van der Waals surface area contributed by atoms with Gasteiger partial charge < -0.3 is 19.3 Å². The van der Waals surface area contributed by atoms with Crippen LogP contribution in [0.4, 0.5) is 5.82 Å². The van der Waals surface area contributed by atoms with Crippen LogP contribution in [0.1, 0.15) is 22.9 Å². The summed E-state index contributed by atoms with van der Waals surface area (Å²) < 4.78 is 16.4. The van der Waals surface area contributed by atoms with Gasteiger partial charge in [-0.1, -0.05) is 41.6 Å². The summed E-state index contributed by atoms with van der Waals surface area (Å²) in [5.74, 6) is 2.63. The number of ether oxygens (including phenoxy) is 2. The molecule has 0 radical (unpaired) electrons. The Morgan fingerprint density at radius 2 is 1.76 bits per heavy atom. The highest BCUT2D eigenvalue weighted by Crippen LogP contribution is 2.31. The van der Waals surface area contributed by atoms with E-state index in [4.69, 9.17) is 14.0 Å². The lowest BCUT2D eigenvalue weighted by molar-refractivity contribution is -0.122. The number of rotatable bonds is 6. The minimum Gasteiger partial charge on any atom is -0.486 e. The van der Waals surface area contributed by atoms with Crippen LogP contribution < -0.4 is 14.8 Å². The molecule has 1 N–H and O–H groups in total. The molecule has 5 rings (SSSR count). The minimum atomic E-state index is -0.389. The Bertz CT molecular complexity index is 1090. The van der Waals surface area contributed by atoms with Gasteiger partial charge in [0.25, 0.3) is 0 Å². The highest BCUT2D eigenvalue weighted by Gasteiger charge is 2.31. The summed E-state index contributed by atoms with van der Waals surface area (Å²) in [6.07, 6.45) is 0. The third kappa shape index (κ3) is 5.02. The number of hydrogen-bond donors (Lipinski definition) is 1. The molecule has 1 aromatic heterocycles. The van der Waals surface area contributed by atoms with Crippen molar-refractivity contribution in [3.63, 3.8) is 0 Å². The number of nitrogens with one attached hydrogen (secondary N) is 1. The van der Waals surface area contributed by atoms with E-state index in [9.17, 15) is 4.79 Å². The highest BCUT2D eigenvalue weighted by atomic mass is 16.6. The molecule has 1 atom stereocenters. The zero-order valence-electron chi connectivity index (χ0n) is 18.7. The van der Waals surface area contributed by atoms with Crippen LogP contribution in [-0.2, 0) is 11.3 Å². The van der Waals surface area contributed by atoms with Crippen LogP contribution in [0.5, 0.6) is 11.5 Å². The zero-order chi connectivity index (χ0) is 22.6. The standard InChI is InChI=1S/C25H28N4O4/c1-18-15-23(27-33-18)26-25(30)24(20-5-3-2-4-6-20)29-11-9-28(10-12-29)17-19-7-8-21-22(16-19)32-14-13-31-21/h2-8,15-16,24H,9-14,17H2,1H3,(H,26,27,30)/t24-/m0/s1. The number of benzene rings is 2. The van der Waals surface area contributed by atoms with E-state index < -0.39 is 0 Å². The first-order valence-corrected chi connectivity index (χ1v) is 11.3. The predicted molar refractivity (Wildman–Crippen MR) is 123 cm³/mol. The number of hydrogen-bond acceptors (Lipinski definition) is 7. The number of anilines is 1. The number of aromatic nitrogens is 1. The van der Waals surface area contributed by atoms with Crippen LogP contribution in [0.3, 0.4) is 0 Å². The number of fused-ring (bicyclic) bond motifs is 1. The van der Waals surface area contributed by atoms with Gasteiger partial charge in [0.1, 0.15) is 25.0 Å². The van der Waals surface area contributed by atoms with Crippen LogP contribution in [0.25, 0.3) is 0 Å². The summed E-state index contributed by atoms with van der Waals surface area (Å²) in [5, 5.41) is 6.83. The first-order chi connectivity index (χ1) is 16.2. The molecule has 2 aliphatic rings. The summed E-state index contributed by atoms with van der Waals surface area (Å²) in [7, 11) is 0. The van der Waals surface area contributed by atoms with E-state index in [2.05, 4.69) is 32.4 Å². The highest BCUT2D eigenvalue weighted by molar-refractivity contribution is 5.94. The quantitative estimate of drug-likeness (QED) is 0.620. The second-order valence-corrected chi connectivity index (χ2v) is 8.42. The van der Waals surface area contributed by atoms with E-state index in [-0.39, 0.29) is 11.9 Å². The molecule has 2 aliphatic heterocycles. The van der Waals surface area contributed by atoms with Crippen molar-refractivity contribution < 1.29 is 18.8 Å². The second-order valence-electron chi connectivity index (χ2n) is 8.42. The van der Waals surface area contributed by atoms with Crippen molar-refractivity contribution in [2.45, 2.75) is 19.5 Å². The fourth-order valence-corrected chi connectivity index (χ4v) is 4.41. The smallest absolute Gasteiger partial charge is 0.247 e. The lowest BCUT2D eigenvalue weighted by atomic mass is 10.0. The van der Waals surface area contributed by atoms with Crippen molar-refractivity contribution in [2.24, 2.45) is 0 Å². The van der Waals surface area contributed by atoms with E-state index in [1.165, 1.54) is 5.56 Å². The molecule has 33 heavy (non-hydrogen) atoms. The van der Waals surface area contributed by atoms with Crippen LogP contribution in [0.2, 0.25) is 0 Å². The molecular weight excluding hydrogens is 420 g/mol. The van der Waals surface area contributed by atoms with Crippen molar-refractivity contribution in [3.05, 3.63) is 71.5 Å². The van der Waals surface area contributed by atoms with Gasteiger partial charge in [0, 0.05) is 38.8 Å². The number of carbonyl (C=O) groups excluding carboxylic acids is 1. The van der Waals surface area contributed by atoms with E-state index in [1.54, 1.807) is 13.0 Å². The fraction of sp³-hybridized carbons (Fsp3) is 0.360. The van der Waals surface area contributed by atoms with Crippen molar-refractivity contribution in [2.75, 3.05) is 44.7 Å². The van der Waals surface area contributed by atoms with Crippen LogP contribution in [0, 0.1) is 6.92 Å². The Morgan fingerprint density at radius 1 is 1.00 bits per heavy atom. The molecule has 2 aromatic carbocycles. The van der Waals surface area contributed by atoms with E-state index in [1.807, 2.05) is 36.4 Å².